The fourth-order valence-corrected chi connectivity index (χ4v) is 4.77. The first-order chi connectivity index (χ1) is 12.1. The van der Waals surface area contributed by atoms with E-state index in [9.17, 15) is 26.4 Å². The highest BCUT2D eigenvalue weighted by molar-refractivity contribution is 7.89. The van der Waals surface area contributed by atoms with Crippen molar-refractivity contribution >= 4 is 16.1 Å². The summed E-state index contributed by atoms with van der Waals surface area (Å²) in [5.74, 6) is -0.770. The van der Waals surface area contributed by atoms with Crippen LogP contribution in [-0.2, 0) is 14.8 Å². The molecule has 0 aliphatic carbocycles. The average Bonchev–Trinajstić information content (AvgIpc) is 2.76. The molecule has 1 atom stereocenters. The maximum Gasteiger partial charge on any atom is 0.573 e. The number of nitrogens with zero attached hydrogens (tertiary/aromatic N) is 1. The van der Waals surface area contributed by atoms with Crippen LogP contribution in [0.3, 0.4) is 0 Å². The molecule has 0 unspecified atom stereocenters. The minimum absolute atomic E-state index is 0.0254. The topological polar surface area (TPSA) is 84.9 Å². The van der Waals surface area contributed by atoms with E-state index in [-0.39, 0.29) is 26.1 Å². The van der Waals surface area contributed by atoms with Crippen molar-refractivity contribution in [3.8, 4) is 5.75 Å². The van der Waals surface area contributed by atoms with Crippen molar-refractivity contribution in [2.24, 2.45) is 0 Å². The number of rotatable bonds is 3. The van der Waals surface area contributed by atoms with E-state index in [4.69, 9.17) is 4.74 Å². The first-order valence-electron chi connectivity index (χ1n) is 7.93. The number of sulfonamides is 1. The van der Waals surface area contributed by atoms with E-state index >= 15 is 0 Å². The second-order valence-corrected chi connectivity index (χ2v) is 8.08. The molecule has 144 valence electrons. The Balaban J connectivity index is 1.84. The Morgan fingerprint density at radius 3 is 2.58 bits per heavy atom. The van der Waals surface area contributed by atoms with Crippen LogP contribution in [0.15, 0.2) is 29.2 Å². The molecule has 7 nitrogen and oxygen atoms in total. The number of ether oxygens (including phenoxy) is 2. The smallest absolute Gasteiger partial charge is 0.441 e. The molecule has 3 rings (SSSR count). The summed E-state index contributed by atoms with van der Waals surface area (Å²) in [7, 11) is -4.20. The molecule has 11 heteroatoms. The number of alkyl halides is 3. The lowest BCUT2D eigenvalue weighted by Gasteiger charge is -2.25. The van der Waals surface area contributed by atoms with Gasteiger partial charge in [0, 0.05) is 19.5 Å². The van der Waals surface area contributed by atoms with Crippen molar-refractivity contribution in [2.45, 2.75) is 36.1 Å². The predicted molar refractivity (Wildman–Crippen MR) is 82.9 cm³/mol. The Morgan fingerprint density at radius 2 is 1.92 bits per heavy atom. The van der Waals surface area contributed by atoms with Crippen LogP contribution in [0.25, 0.3) is 0 Å². The second kappa shape index (κ2) is 6.62. The summed E-state index contributed by atoms with van der Waals surface area (Å²) < 4.78 is 73.7. The van der Waals surface area contributed by atoms with E-state index in [1.807, 2.05) is 0 Å². The summed E-state index contributed by atoms with van der Waals surface area (Å²) in [6, 6.07) is 4.63. The molecular formula is C15H17F3N2O5S. The van der Waals surface area contributed by atoms with Crippen molar-refractivity contribution in [1.82, 2.24) is 9.62 Å². The number of hydrogen-bond acceptors (Lipinski definition) is 5. The maximum absolute atomic E-state index is 12.9. The van der Waals surface area contributed by atoms with Gasteiger partial charge in [-0.1, -0.05) is 12.1 Å². The number of benzene rings is 1. The maximum atomic E-state index is 12.9. The van der Waals surface area contributed by atoms with Gasteiger partial charge in [0.25, 0.3) is 0 Å². The Bertz CT molecular complexity index is 799. The predicted octanol–water partition coefficient (Wildman–Crippen LogP) is 2.24. The van der Waals surface area contributed by atoms with E-state index in [1.54, 1.807) is 0 Å². The Hall–Kier alpha value is -2.01. The molecule has 2 fully saturated rings. The van der Waals surface area contributed by atoms with Crippen molar-refractivity contribution in [3.05, 3.63) is 24.3 Å². The minimum Gasteiger partial charge on any atom is -0.441 e. The number of para-hydroxylation sites is 1. The van der Waals surface area contributed by atoms with Gasteiger partial charge in [-0.25, -0.2) is 13.2 Å². The number of alkyl carbamates (subject to hydrolysis) is 1. The SMILES string of the molecule is O=C1NC[C@@]2(CCCN(S(=O)(=O)c3ccccc3OC(F)(F)F)CC2)O1. The van der Waals surface area contributed by atoms with Crippen LogP contribution in [0.5, 0.6) is 5.75 Å². The molecule has 2 saturated heterocycles. The van der Waals surface area contributed by atoms with Gasteiger partial charge < -0.3 is 14.8 Å². The fourth-order valence-electron chi connectivity index (χ4n) is 3.18. The zero-order chi connectivity index (χ0) is 19.0. The lowest BCUT2D eigenvalue weighted by atomic mass is 9.95. The number of hydrogen-bond donors (Lipinski definition) is 1. The molecule has 1 aromatic carbocycles. The molecule has 26 heavy (non-hydrogen) atoms. The molecule has 2 heterocycles. The Morgan fingerprint density at radius 1 is 1.19 bits per heavy atom. The van der Waals surface area contributed by atoms with E-state index < -0.39 is 38.7 Å². The zero-order valence-corrected chi connectivity index (χ0v) is 14.4. The number of carbonyl (C=O) groups is 1. The van der Waals surface area contributed by atoms with Crippen molar-refractivity contribution in [3.63, 3.8) is 0 Å². The third-order valence-corrected chi connectivity index (χ3v) is 6.35. The van der Waals surface area contributed by atoms with Gasteiger partial charge in [0.1, 0.15) is 16.2 Å². The molecule has 1 amide bonds. The van der Waals surface area contributed by atoms with Gasteiger partial charge in [-0.05, 0) is 25.0 Å². The molecule has 2 aliphatic rings. The zero-order valence-electron chi connectivity index (χ0n) is 13.6. The van der Waals surface area contributed by atoms with Gasteiger partial charge in [0.2, 0.25) is 10.0 Å². The summed E-state index contributed by atoms with van der Waals surface area (Å²) in [5.41, 5.74) is -0.774. The molecule has 0 aromatic heterocycles. The highest BCUT2D eigenvalue weighted by atomic mass is 32.2. The number of halogens is 3. The van der Waals surface area contributed by atoms with Crippen LogP contribution < -0.4 is 10.1 Å². The van der Waals surface area contributed by atoms with Crippen LogP contribution in [0.1, 0.15) is 19.3 Å². The quantitative estimate of drug-likeness (QED) is 0.850. The summed E-state index contributed by atoms with van der Waals surface area (Å²) >= 11 is 0. The molecular weight excluding hydrogens is 377 g/mol. The molecule has 0 saturated carbocycles. The molecule has 1 spiro atoms. The first kappa shape index (κ1) is 18.8. The van der Waals surface area contributed by atoms with Gasteiger partial charge in [-0.15, -0.1) is 13.2 Å². The lowest BCUT2D eigenvalue weighted by Crippen LogP contribution is -2.36. The minimum atomic E-state index is -5.00. The summed E-state index contributed by atoms with van der Waals surface area (Å²) in [6.07, 6.45) is -4.41. The third-order valence-electron chi connectivity index (χ3n) is 4.41. The van der Waals surface area contributed by atoms with Crippen LogP contribution >= 0.6 is 0 Å². The van der Waals surface area contributed by atoms with Gasteiger partial charge >= 0.3 is 12.5 Å². The van der Waals surface area contributed by atoms with Crippen molar-refractivity contribution < 1.29 is 35.9 Å². The van der Waals surface area contributed by atoms with Gasteiger partial charge in [0.15, 0.2) is 0 Å². The van der Waals surface area contributed by atoms with Gasteiger partial charge in [-0.3, -0.25) is 0 Å². The molecule has 1 aromatic rings. The monoisotopic (exact) mass is 394 g/mol. The number of carbonyl (C=O) groups excluding carboxylic acids is 1. The largest absolute Gasteiger partial charge is 0.573 e. The van der Waals surface area contributed by atoms with Gasteiger partial charge in [-0.2, -0.15) is 4.31 Å². The normalized spacial score (nSPS) is 24.8. The number of nitrogens with one attached hydrogen (secondary N) is 1. The van der Waals surface area contributed by atoms with E-state index in [0.717, 1.165) is 16.4 Å². The number of amides is 1. The lowest BCUT2D eigenvalue weighted by molar-refractivity contribution is -0.275. The standard InChI is InChI=1S/C15H17F3N2O5S/c16-15(17,18)24-11-4-1-2-5-12(11)26(22,23)20-8-3-6-14(7-9-20)10-19-13(21)25-14/h1-2,4-5H,3,6-10H2,(H,19,21)/t14-/m0/s1. The highest BCUT2D eigenvalue weighted by Gasteiger charge is 2.43. The summed E-state index contributed by atoms with van der Waals surface area (Å²) in [6.45, 7) is 0.424. The van der Waals surface area contributed by atoms with Crippen LogP contribution in [0.4, 0.5) is 18.0 Å². The Kier molecular flexibility index (Phi) is 4.78. The summed E-state index contributed by atoms with van der Waals surface area (Å²) in [5, 5.41) is 2.55. The van der Waals surface area contributed by atoms with E-state index in [0.29, 0.717) is 12.8 Å². The molecule has 0 radical (unpaired) electrons. The molecule has 1 N–H and O–H groups in total. The van der Waals surface area contributed by atoms with Crippen molar-refractivity contribution in [1.29, 1.82) is 0 Å². The highest BCUT2D eigenvalue weighted by Crippen LogP contribution is 2.34. The van der Waals surface area contributed by atoms with Gasteiger partial charge in [0.05, 0.1) is 6.54 Å². The molecule has 2 aliphatic heterocycles. The summed E-state index contributed by atoms with van der Waals surface area (Å²) in [4.78, 5) is 10.8. The third kappa shape index (κ3) is 3.88. The van der Waals surface area contributed by atoms with Crippen LogP contribution in [-0.4, -0.2) is 50.4 Å². The van der Waals surface area contributed by atoms with Crippen LogP contribution in [0.2, 0.25) is 0 Å². The first-order valence-corrected chi connectivity index (χ1v) is 9.37. The average molecular weight is 394 g/mol. The van der Waals surface area contributed by atoms with E-state index in [1.165, 1.54) is 12.1 Å². The van der Waals surface area contributed by atoms with Crippen LogP contribution in [0, 0.1) is 0 Å². The second-order valence-electron chi connectivity index (χ2n) is 6.18. The Labute approximate surface area is 148 Å². The fraction of sp³-hybridized carbons (Fsp3) is 0.533. The van der Waals surface area contributed by atoms with Crippen molar-refractivity contribution in [2.75, 3.05) is 19.6 Å². The molecule has 0 bridgehead atoms. The van der Waals surface area contributed by atoms with E-state index in [2.05, 4.69) is 10.1 Å².